The van der Waals surface area contributed by atoms with Gasteiger partial charge in [0, 0.05) is 25.2 Å². The van der Waals surface area contributed by atoms with Crippen LogP contribution in [0, 0.1) is 0 Å². The van der Waals surface area contributed by atoms with Gasteiger partial charge in [0.25, 0.3) is 0 Å². The average molecular weight is 409 g/mol. The molecule has 4 heteroatoms. The number of hydrogen-bond donors (Lipinski definition) is 2. The Balaban J connectivity index is 0.000000171. The fourth-order valence-electron chi connectivity index (χ4n) is 4.22. The normalized spacial score (nSPS) is 19.3. The van der Waals surface area contributed by atoms with Gasteiger partial charge in [0.05, 0.1) is 0 Å². The Kier molecular flexibility index (Phi) is 9.84. The molecule has 0 amide bonds. The van der Waals surface area contributed by atoms with E-state index in [4.69, 9.17) is 11.5 Å². The summed E-state index contributed by atoms with van der Waals surface area (Å²) in [5, 5.41) is 0. The zero-order valence-corrected chi connectivity index (χ0v) is 18.5. The maximum Gasteiger partial charge on any atom is 0.00631 e. The minimum atomic E-state index is 0.443. The highest BCUT2D eigenvalue weighted by molar-refractivity contribution is 5.15. The number of nitrogens with zero attached hydrogens (tertiary/aromatic N) is 2. The van der Waals surface area contributed by atoms with Crippen LogP contribution in [0.1, 0.15) is 36.8 Å². The van der Waals surface area contributed by atoms with Crippen LogP contribution in [0.3, 0.4) is 0 Å². The summed E-state index contributed by atoms with van der Waals surface area (Å²) in [6.45, 7) is 7.05. The molecule has 4 nitrogen and oxygen atoms in total. The number of nitrogens with two attached hydrogens (primary N) is 2. The summed E-state index contributed by atoms with van der Waals surface area (Å²) in [4.78, 5) is 5.05. The number of piperidine rings is 2. The Bertz CT molecular complexity index is 613. The second-order valence-corrected chi connectivity index (χ2v) is 8.83. The molecular formula is C26H40N4. The van der Waals surface area contributed by atoms with E-state index < -0.39 is 0 Å². The fraction of sp³-hybridized carbons (Fsp3) is 0.538. The van der Waals surface area contributed by atoms with Gasteiger partial charge < -0.3 is 21.3 Å². The van der Waals surface area contributed by atoms with E-state index in [2.05, 4.69) is 70.5 Å². The van der Waals surface area contributed by atoms with Crippen molar-refractivity contribution in [2.75, 3.05) is 39.3 Å². The lowest BCUT2D eigenvalue weighted by Crippen LogP contribution is -2.40. The van der Waals surface area contributed by atoms with E-state index in [0.717, 1.165) is 38.5 Å². The smallest absolute Gasteiger partial charge is 0.00631 e. The van der Waals surface area contributed by atoms with E-state index in [0.29, 0.717) is 12.1 Å². The van der Waals surface area contributed by atoms with Crippen LogP contribution in [0.2, 0.25) is 0 Å². The van der Waals surface area contributed by atoms with Crippen LogP contribution in [0.15, 0.2) is 60.7 Å². The van der Waals surface area contributed by atoms with Gasteiger partial charge in [-0.2, -0.15) is 0 Å². The second kappa shape index (κ2) is 12.9. The summed E-state index contributed by atoms with van der Waals surface area (Å²) in [5.41, 5.74) is 14.6. The Morgan fingerprint density at radius 1 is 0.567 bits per heavy atom. The van der Waals surface area contributed by atoms with Crippen LogP contribution in [0.25, 0.3) is 0 Å². The first-order chi connectivity index (χ1) is 14.7. The van der Waals surface area contributed by atoms with Crippen LogP contribution in [-0.4, -0.2) is 61.2 Å². The van der Waals surface area contributed by atoms with Crippen molar-refractivity contribution in [1.82, 2.24) is 9.80 Å². The molecule has 2 aliphatic rings. The van der Waals surface area contributed by atoms with Gasteiger partial charge in [-0.25, -0.2) is 0 Å². The predicted octanol–water partition coefficient (Wildman–Crippen LogP) is 3.30. The van der Waals surface area contributed by atoms with Crippen molar-refractivity contribution in [1.29, 1.82) is 0 Å². The maximum atomic E-state index is 5.88. The first-order valence-corrected chi connectivity index (χ1v) is 11.7. The van der Waals surface area contributed by atoms with Crippen molar-refractivity contribution in [3.05, 3.63) is 71.8 Å². The molecule has 0 unspecified atom stereocenters. The van der Waals surface area contributed by atoms with E-state index in [1.165, 1.54) is 50.4 Å². The highest BCUT2D eigenvalue weighted by Gasteiger charge is 2.16. The summed E-state index contributed by atoms with van der Waals surface area (Å²) >= 11 is 0. The van der Waals surface area contributed by atoms with Crippen LogP contribution in [0.4, 0.5) is 0 Å². The maximum absolute atomic E-state index is 5.88. The molecule has 0 aromatic heterocycles. The van der Waals surface area contributed by atoms with Crippen LogP contribution < -0.4 is 11.5 Å². The Labute approximate surface area is 183 Å². The molecule has 4 N–H and O–H groups in total. The largest absolute Gasteiger partial charge is 0.328 e. The lowest BCUT2D eigenvalue weighted by Gasteiger charge is -2.29. The second-order valence-electron chi connectivity index (χ2n) is 8.83. The highest BCUT2D eigenvalue weighted by atomic mass is 15.1. The Morgan fingerprint density at radius 3 is 1.23 bits per heavy atom. The molecule has 2 saturated heterocycles. The van der Waals surface area contributed by atoms with Gasteiger partial charge in [-0.3, -0.25) is 0 Å². The summed E-state index contributed by atoms with van der Waals surface area (Å²) in [6.07, 6.45) is 6.97. The van der Waals surface area contributed by atoms with Crippen LogP contribution in [0.5, 0.6) is 0 Å². The van der Waals surface area contributed by atoms with Gasteiger partial charge in [-0.05, 0) is 75.8 Å². The predicted molar refractivity (Wildman–Crippen MR) is 128 cm³/mol. The standard InChI is InChI=1S/2C13H20N2/c2*14-13-7-10-15(11-8-13)9-6-12-4-2-1-3-5-12/h2*1-5,13H,6-11,14H2. The summed E-state index contributed by atoms with van der Waals surface area (Å²) in [5.74, 6) is 0. The molecule has 2 aromatic carbocycles. The highest BCUT2D eigenvalue weighted by Crippen LogP contribution is 2.10. The lowest BCUT2D eigenvalue weighted by molar-refractivity contribution is 0.215. The molecular weight excluding hydrogens is 368 g/mol. The van der Waals surface area contributed by atoms with Crippen molar-refractivity contribution in [3.63, 3.8) is 0 Å². The molecule has 2 aliphatic heterocycles. The van der Waals surface area contributed by atoms with E-state index >= 15 is 0 Å². The summed E-state index contributed by atoms with van der Waals surface area (Å²) in [6, 6.07) is 22.3. The van der Waals surface area contributed by atoms with Gasteiger partial charge in [0.1, 0.15) is 0 Å². The number of rotatable bonds is 6. The third-order valence-electron chi connectivity index (χ3n) is 6.38. The minimum Gasteiger partial charge on any atom is -0.328 e. The molecule has 0 spiro atoms. The molecule has 164 valence electrons. The molecule has 0 atom stereocenters. The van der Waals surface area contributed by atoms with Crippen molar-refractivity contribution < 1.29 is 0 Å². The molecule has 0 aliphatic carbocycles. The average Bonchev–Trinajstić information content (AvgIpc) is 2.80. The van der Waals surface area contributed by atoms with E-state index in [9.17, 15) is 0 Å². The van der Waals surface area contributed by atoms with Crippen molar-refractivity contribution in [2.24, 2.45) is 11.5 Å². The zero-order chi connectivity index (χ0) is 21.0. The van der Waals surface area contributed by atoms with Crippen LogP contribution in [-0.2, 0) is 12.8 Å². The first kappa shape index (κ1) is 23.0. The van der Waals surface area contributed by atoms with E-state index in [1.54, 1.807) is 0 Å². The number of likely N-dealkylation sites (tertiary alicyclic amines) is 2. The molecule has 0 saturated carbocycles. The van der Waals surface area contributed by atoms with E-state index in [1.807, 2.05) is 0 Å². The molecule has 0 radical (unpaired) electrons. The van der Waals surface area contributed by atoms with E-state index in [-0.39, 0.29) is 0 Å². The van der Waals surface area contributed by atoms with Gasteiger partial charge >= 0.3 is 0 Å². The molecule has 0 bridgehead atoms. The minimum absolute atomic E-state index is 0.443. The quantitative estimate of drug-likeness (QED) is 0.770. The van der Waals surface area contributed by atoms with Crippen LogP contribution >= 0.6 is 0 Å². The zero-order valence-electron chi connectivity index (χ0n) is 18.5. The third kappa shape index (κ3) is 8.57. The Hall–Kier alpha value is -1.72. The van der Waals surface area contributed by atoms with Crippen molar-refractivity contribution >= 4 is 0 Å². The molecule has 30 heavy (non-hydrogen) atoms. The molecule has 2 fully saturated rings. The van der Waals surface area contributed by atoms with Gasteiger partial charge in [0.15, 0.2) is 0 Å². The Morgan fingerprint density at radius 2 is 0.900 bits per heavy atom. The number of benzene rings is 2. The molecule has 2 heterocycles. The monoisotopic (exact) mass is 408 g/mol. The first-order valence-electron chi connectivity index (χ1n) is 11.7. The lowest BCUT2D eigenvalue weighted by atomic mass is 10.1. The summed E-state index contributed by atoms with van der Waals surface area (Å²) < 4.78 is 0. The topological polar surface area (TPSA) is 58.5 Å². The van der Waals surface area contributed by atoms with Gasteiger partial charge in [0.2, 0.25) is 0 Å². The molecule has 4 rings (SSSR count). The van der Waals surface area contributed by atoms with Crippen molar-refractivity contribution in [3.8, 4) is 0 Å². The van der Waals surface area contributed by atoms with Gasteiger partial charge in [-0.15, -0.1) is 0 Å². The third-order valence-corrected chi connectivity index (χ3v) is 6.38. The van der Waals surface area contributed by atoms with Gasteiger partial charge in [-0.1, -0.05) is 60.7 Å². The number of hydrogen-bond acceptors (Lipinski definition) is 4. The van der Waals surface area contributed by atoms with Crippen molar-refractivity contribution in [2.45, 2.75) is 50.6 Å². The SMILES string of the molecule is NC1CCN(CCc2ccccc2)CC1.NC1CCN(CCc2ccccc2)CC1. The summed E-state index contributed by atoms with van der Waals surface area (Å²) in [7, 11) is 0. The molecule has 2 aromatic rings. The fourth-order valence-corrected chi connectivity index (χ4v) is 4.22.